The van der Waals surface area contributed by atoms with Gasteiger partial charge in [0.25, 0.3) is 0 Å². The zero-order valence-electron chi connectivity index (χ0n) is 7.94. The number of thiophene rings is 1. The van der Waals surface area contributed by atoms with Crippen molar-refractivity contribution in [1.82, 2.24) is 0 Å². The van der Waals surface area contributed by atoms with Gasteiger partial charge in [0.1, 0.15) is 0 Å². The van der Waals surface area contributed by atoms with Crippen molar-refractivity contribution >= 4 is 37.1 Å². The summed E-state index contributed by atoms with van der Waals surface area (Å²) in [5, 5.41) is 8.31. The van der Waals surface area contributed by atoms with Crippen molar-refractivity contribution in [2.24, 2.45) is 0 Å². The van der Waals surface area contributed by atoms with Gasteiger partial charge in [0.15, 0.2) is 9.84 Å². The number of rotatable bonds is 5. The highest BCUT2D eigenvalue weighted by Crippen LogP contribution is 2.24. The Kier molecular flexibility index (Phi) is 4.77. The van der Waals surface area contributed by atoms with Crippen LogP contribution >= 0.6 is 27.3 Å². The molecule has 0 aliphatic rings. The Morgan fingerprint density at radius 2 is 2.20 bits per heavy atom. The Morgan fingerprint density at radius 1 is 1.47 bits per heavy atom. The van der Waals surface area contributed by atoms with Gasteiger partial charge in [0.05, 0.1) is 21.4 Å². The van der Waals surface area contributed by atoms with Crippen LogP contribution in [-0.2, 0) is 15.6 Å². The Bertz CT molecular complexity index is 459. The fraction of sp³-hybridized carbons (Fsp3) is 0.444. The number of unbranched alkanes of at least 4 members (excludes halogenated alkanes) is 1. The quantitative estimate of drug-likeness (QED) is 0.786. The molecule has 0 N–H and O–H groups in total. The molecule has 0 radical (unpaired) electrons. The van der Waals surface area contributed by atoms with Crippen molar-refractivity contribution in [2.45, 2.75) is 18.6 Å². The summed E-state index contributed by atoms with van der Waals surface area (Å²) in [6, 6.07) is 5.58. The summed E-state index contributed by atoms with van der Waals surface area (Å²) in [7, 11) is -3.06. The van der Waals surface area contributed by atoms with Crippen molar-refractivity contribution in [1.29, 1.82) is 5.26 Å². The van der Waals surface area contributed by atoms with Gasteiger partial charge in [0, 0.05) is 11.3 Å². The molecular weight excluding hydrogens is 298 g/mol. The zero-order chi connectivity index (χ0) is 11.3. The predicted molar refractivity (Wildman–Crippen MR) is 64.4 cm³/mol. The van der Waals surface area contributed by atoms with E-state index in [1.807, 2.05) is 12.1 Å². The first-order chi connectivity index (χ1) is 7.03. The van der Waals surface area contributed by atoms with E-state index in [0.29, 0.717) is 12.8 Å². The molecule has 1 rings (SSSR count). The van der Waals surface area contributed by atoms with Gasteiger partial charge in [0.2, 0.25) is 0 Å². The maximum atomic E-state index is 11.6. The van der Waals surface area contributed by atoms with E-state index in [0.717, 1.165) is 8.66 Å². The minimum absolute atomic E-state index is 0.0781. The van der Waals surface area contributed by atoms with Crippen LogP contribution in [0.2, 0.25) is 0 Å². The maximum Gasteiger partial charge on any atom is 0.155 e. The van der Waals surface area contributed by atoms with E-state index in [-0.39, 0.29) is 11.5 Å². The van der Waals surface area contributed by atoms with Crippen LogP contribution in [0.25, 0.3) is 0 Å². The third-order valence-electron chi connectivity index (χ3n) is 1.73. The zero-order valence-corrected chi connectivity index (χ0v) is 11.2. The molecule has 3 nitrogen and oxygen atoms in total. The summed E-state index contributed by atoms with van der Waals surface area (Å²) in [6.45, 7) is 0. The molecule has 0 saturated carbocycles. The predicted octanol–water partition coefficient (Wildman–Crippen LogP) is 2.73. The van der Waals surface area contributed by atoms with Gasteiger partial charge in [-0.2, -0.15) is 5.26 Å². The highest BCUT2D eigenvalue weighted by atomic mass is 79.9. The lowest BCUT2D eigenvalue weighted by Gasteiger charge is -1.99. The van der Waals surface area contributed by atoms with Crippen LogP contribution < -0.4 is 0 Å². The molecule has 0 fully saturated rings. The highest BCUT2D eigenvalue weighted by molar-refractivity contribution is 9.11. The average molecular weight is 308 g/mol. The van der Waals surface area contributed by atoms with Crippen LogP contribution in [0, 0.1) is 11.3 Å². The second-order valence-electron chi connectivity index (χ2n) is 3.06. The van der Waals surface area contributed by atoms with E-state index in [2.05, 4.69) is 15.9 Å². The Hall–Kier alpha value is -0.380. The first kappa shape index (κ1) is 12.7. The SMILES string of the molecule is N#CCCCS(=O)(=O)Cc1ccc(Br)s1. The van der Waals surface area contributed by atoms with Crippen LogP contribution in [0.15, 0.2) is 15.9 Å². The standard InChI is InChI=1S/C9H10BrNO2S2/c10-9-4-3-8(14-9)7-15(12,13)6-2-1-5-11/h3-4H,1-2,6-7H2. The lowest BCUT2D eigenvalue weighted by atomic mass is 10.4. The van der Waals surface area contributed by atoms with Gasteiger partial charge in [-0.3, -0.25) is 0 Å². The smallest absolute Gasteiger partial charge is 0.155 e. The lowest BCUT2D eigenvalue weighted by Crippen LogP contribution is -2.08. The second-order valence-corrected chi connectivity index (χ2v) is 7.79. The lowest BCUT2D eigenvalue weighted by molar-refractivity contribution is 0.593. The molecule has 0 aliphatic heterocycles. The van der Waals surface area contributed by atoms with Gasteiger partial charge in [-0.15, -0.1) is 11.3 Å². The van der Waals surface area contributed by atoms with E-state index < -0.39 is 9.84 Å². The molecule has 1 aromatic heterocycles. The van der Waals surface area contributed by atoms with E-state index in [1.54, 1.807) is 6.07 Å². The molecule has 82 valence electrons. The molecule has 0 spiro atoms. The number of nitriles is 1. The molecule has 0 aromatic carbocycles. The summed E-state index contributed by atoms with van der Waals surface area (Å²) >= 11 is 4.71. The minimum Gasteiger partial charge on any atom is -0.228 e. The third-order valence-corrected chi connectivity index (χ3v) is 5.20. The molecule has 1 aromatic rings. The largest absolute Gasteiger partial charge is 0.228 e. The van der Waals surface area contributed by atoms with E-state index in [4.69, 9.17) is 5.26 Å². The molecule has 0 aliphatic carbocycles. The van der Waals surface area contributed by atoms with Gasteiger partial charge in [-0.1, -0.05) is 0 Å². The number of hydrogen-bond acceptors (Lipinski definition) is 4. The molecule has 0 saturated heterocycles. The minimum atomic E-state index is -3.06. The van der Waals surface area contributed by atoms with E-state index in [1.165, 1.54) is 11.3 Å². The molecule has 0 amide bonds. The molecule has 0 atom stereocenters. The number of halogens is 1. The van der Waals surface area contributed by atoms with Gasteiger partial charge in [-0.25, -0.2) is 8.42 Å². The Labute approximate surface area is 102 Å². The summed E-state index contributed by atoms with van der Waals surface area (Å²) < 4.78 is 24.1. The third kappa shape index (κ3) is 4.78. The monoisotopic (exact) mass is 307 g/mol. The second kappa shape index (κ2) is 5.64. The van der Waals surface area contributed by atoms with Gasteiger partial charge >= 0.3 is 0 Å². The molecule has 15 heavy (non-hydrogen) atoms. The van der Waals surface area contributed by atoms with Crippen LogP contribution in [0.3, 0.4) is 0 Å². The van der Waals surface area contributed by atoms with Crippen LogP contribution in [0.1, 0.15) is 17.7 Å². The topological polar surface area (TPSA) is 57.9 Å². The summed E-state index contributed by atoms with van der Waals surface area (Å²) in [5.74, 6) is 0.171. The Balaban J connectivity index is 2.54. The van der Waals surface area contributed by atoms with Crippen molar-refractivity contribution in [3.05, 3.63) is 20.8 Å². The van der Waals surface area contributed by atoms with Crippen molar-refractivity contribution in [2.75, 3.05) is 5.75 Å². The highest BCUT2D eigenvalue weighted by Gasteiger charge is 2.12. The fourth-order valence-electron chi connectivity index (χ4n) is 1.09. The summed E-state index contributed by atoms with van der Waals surface area (Å²) in [4.78, 5) is 0.832. The van der Waals surface area contributed by atoms with E-state index in [9.17, 15) is 8.42 Å². The van der Waals surface area contributed by atoms with E-state index >= 15 is 0 Å². The molecule has 6 heteroatoms. The van der Waals surface area contributed by atoms with Gasteiger partial charge in [-0.05, 0) is 34.5 Å². The first-order valence-corrected chi connectivity index (χ1v) is 7.78. The van der Waals surface area contributed by atoms with Crippen LogP contribution in [0.5, 0.6) is 0 Å². The van der Waals surface area contributed by atoms with Crippen molar-refractivity contribution in [3.8, 4) is 6.07 Å². The summed E-state index contributed by atoms with van der Waals surface area (Å²) in [6.07, 6.45) is 0.721. The first-order valence-electron chi connectivity index (χ1n) is 4.35. The van der Waals surface area contributed by atoms with Crippen molar-refractivity contribution in [3.63, 3.8) is 0 Å². The van der Waals surface area contributed by atoms with Crippen LogP contribution in [-0.4, -0.2) is 14.2 Å². The Morgan fingerprint density at radius 3 is 2.73 bits per heavy atom. The maximum absolute atomic E-state index is 11.6. The van der Waals surface area contributed by atoms with Crippen molar-refractivity contribution < 1.29 is 8.42 Å². The number of sulfone groups is 1. The number of nitrogens with zero attached hydrogens (tertiary/aromatic N) is 1. The average Bonchev–Trinajstić information content (AvgIpc) is 2.50. The molecule has 0 unspecified atom stereocenters. The van der Waals surface area contributed by atoms with Crippen LogP contribution in [0.4, 0.5) is 0 Å². The fourth-order valence-corrected chi connectivity index (χ4v) is 4.40. The molecular formula is C9H10BrNO2S2. The van der Waals surface area contributed by atoms with Gasteiger partial charge < -0.3 is 0 Å². The summed E-state index contributed by atoms with van der Waals surface area (Å²) in [5.41, 5.74) is 0. The number of hydrogen-bond donors (Lipinski definition) is 0. The normalized spacial score (nSPS) is 11.2. The molecule has 1 heterocycles. The molecule has 0 bridgehead atoms.